The fourth-order valence-electron chi connectivity index (χ4n) is 13.8. The predicted molar refractivity (Wildman–Crippen MR) is 313 cm³/mol. The normalized spacial score (nSPS) is 15.9. The monoisotopic (exact) mass is 985 g/mol. The van der Waals surface area contributed by atoms with Crippen molar-refractivity contribution in [3.05, 3.63) is 334 Å². The molecule has 3 nitrogen and oxygen atoms in total. The number of hydrogen-bond acceptors (Lipinski definition) is 3. The van der Waals surface area contributed by atoms with Crippen molar-refractivity contribution in [1.82, 2.24) is 9.88 Å². The summed E-state index contributed by atoms with van der Waals surface area (Å²) in [6.07, 6.45) is 2.30. The molecule has 0 saturated heterocycles. The minimum Gasteiger partial charge on any atom is -0.359 e. The van der Waals surface area contributed by atoms with E-state index in [1.165, 1.54) is 92.8 Å². The second kappa shape index (κ2) is 16.6. The van der Waals surface area contributed by atoms with Crippen LogP contribution in [0.2, 0.25) is 0 Å². The third-order valence-electron chi connectivity index (χ3n) is 16.8. The van der Waals surface area contributed by atoms with E-state index < -0.39 is 10.8 Å². The van der Waals surface area contributed by atoms with Crippen LogP contribution in [-0.2, 0) is 10.8 Å². The summed E-state index contributed by atoms with van der Waals surface area (Å²) in [4.78, 5) is 8.03. The Kier molecular flexibility index (Phi) is 9.46. The molecular weight excluding hydrogens is 939 g/mol. The van der Waals surface area contributed by atoms with Crippen LogP contribution >= 0.6 is 11.8 Å². The fraction of sp³-hybridized carbons (Fsp3) is 0.0417. The van der Waals surface area contributed by atoms with Crippen molar-refractivity contribution in [1.29, 1.82) is 0 Å². The molecule has 0 amide bonds. The molecule has 1 aromatic heterocycles. The van der Waals surface area contributed by atoms with Gasteiger partial charge in [-0.25, -0.2) is 4.99 Å². The summed E-state index contributed by atoms with van der Waals surface area (Å²) in [5.41, 5.74) is 22.2. The number of fused-ring (bicyclic) bond motifs is 18. The van der Waals surface area contributed by atoms with Crippen molar-refractivity contribution in [2.24, 2.45) is 4.99 Å². The number of aromatic nitrogens is 1. The summed E-state index contributed by atoms with van der Waals surface area (Å²) < 4.78 is 2.38. The molecule has 1 N–H and O–H groups in total. The molecule has 0 bridgehead atoms. The first-order valence-electron chi connectivity index (χ1n) is 26.3. The van der Waals surface area contributed by atoms with Gasteiger partial charge in [0.2, 0.25) is 0 Å². The molecule has 12 aromatic rings. The van der Waals surface area contributed by atoms with E-state index in [2.05, 4.69) is 283 Å². The fourth-order valence-corrected chi connectivity index (χ4v) is 15.0. The van der Waals surface area contributed by atoms with E-state index in [0.29, 0.717) is 0 Å². The van der Waals surface area contributed by atoms with Gasteiger partial charge in [0.1, 0.15) is 5.84 Å². The van der Waals surface area contributed by atoms with Gasteiger partial charge in [0.25, 0.3) is 0 Å². The van der Waals surface area contributed by atoms with Gasteiger partial charge in [-0.05, 0) is 121 Å². The number of nitrogens with zero attached hydrogens (tertiary/aromatic N) is 2. The average molecular weight is 986 g/mol. The number of benzene rings is 11. The average Bonchev–Trinajstić information content (AvgIpc) is 4.12. The summed E-state index contributed by atoms with van der Waals surface area (Å²) in [5, 5.41) is 6.35. The van der Waals surface area contributed by atoms with Crippen LogP contribution in [0.5, 0.6) is 0 Å². The van der Waals surface area contributed by atoms with E-state index in [4.69, 9.17) is 4.99 Å². The van der Waals surface area contributed by atoms with Gasteiger partial charge in [0.05, 0.1) is 33.6 Å². The molecule has 76 heavy (non-hydrogen) atoms. The van der Waals surface area contributed by atoms with Crippen LogP contribution in [0, 0.1) is 0 Å². The number of aliphatic imine (C=N–C) groups is 1. The van der Waals surface area contributed by atoms with Crippen LogP contribution in [0.25, 0.3) is 55.4 Å². The van der Waals surface area contributed by atoms with Gasteiger partial charge >= 0.3 is 0 Å². The zero-order valence-electron chi connectivity index (χ0n) is 41.4. The van der Waals surface area contributed by atoms with E-state index in [0.717, 1.165) is 39.5 Å². The van der Waals surface area contributed by atoms with Crippen LogP contribution in [0.4, 0.5) is 0 Å². The first-order valence-corrected chi connectivity index (χ1v) is 27.1. The lowest BCUT2D eigenvalue weighted by molar-refractivity contribution is 0.605. The highest BCUT2D eigenvalue weighted by molar-refractivity contribution is 7.99. The minimum absolute atomic E-state index is 0.123. The zero-order chi connectivity index (χ0) is 50.0. The zero-order valence-corrected chi connectivity index (χ0v) is 42.2. The molecule has 0 fully saturated rings. The van der Waals surface area contributed by atoms with Crippen molar-refractivity contribution in [3.8, 4) is 27.9 Å². The highest BCUT2D eigenvalue weighted by atomic mass is 32.2. The maximum Gasteiger partial charge on any atom is 0.134 e. The largest absolute Gasteiger partial charge is 0.359 e. The van der Waals surface area contributed by atoms with Crippen LogP contribution < -0.4 is 5.32 Å². The smallest absolute Gasteiger partial charge is 0.134 e. The van der Waals surface area contributed by atoms with E-state index in [-0.39, 0.29) is 6.04 Å². The molecule has 1 atom stereocenters. The molecule has 4 heteroatoms. The van der Waals surface area contributed by atoms with E-state index >= 15 is 0 Å². The first-order chi connectivity index (χ1) is 37.7. The topological polar surface area (TPSA) is 29.3 Å². The Hall–Kier alpha value is -9.22. The third kappa shape index (κ3) is 5.99. The van der Waals surface area contributed by atoms with Crippen molar-refractivity contribution in [2.45, 2.75) is 26.7 Å². The van der Waals surface area contributed by atoms with Crippen molar-refractivity contribution in [3.63, 3.8) is 0 Å². The summed E-state index contributed by atoms with van der Waals surface area (Å²) in [5.74, 6) is 0.852. The summed E-state index contributed by atoms with van der Waals surface area (Å²) >= 11 is 1.89. The molecule has 0 radical (unpaired) electrons. The summed E-state index contributed by atoms with van der Waals surface area (Å²) in [6, 6.07) is 99.1. The molecule has 2 aliphatic heterocycles. The van der Waals surface area contributed by atoms with E-state index in [9.17, 15) is 0 Å². The maximum absolute atomic E-state index is 5.42. The molecule has 2 aliphatic carbocycles. The predicted octanol–water partition coefficient (Wildman–Crippen LogP) is 17.1. The van der Waals surface area contributed by atoms with Gasteiger partial charge in [-0.2, -0.15) is 0 Å². The van der Waals surface area contributed by atoms with Crippen LogP contribution in [0.3, 0.4) is 0 Å². The highest BCUT2D eigenvalue weighted by Crippen LogP contribution is 2.67. The second-order valence-electron chi connectivity index (χ2n) is 20.5. The van der Waals surface area contributed by atoms with Crippen LogP contribution in [0.15, 0.2) is 288 Å². The van der Waals surface area contributed by atoms with E-state index in [1.807, 2.05) is 11.8 Å². The van der Waals surface area contributed by atoms with Gasteiger partial charge < -0.3 is 9.88 Å². The quantitative estimate of drug-likeness (QED) is 0.186. The van der Waals surface area contributed by atoms with Gasteiger partial charge in [0.15, 0.2) is 0 Å². The molecule has 4 aliphatic rings. The third-order valence-corrected chi connectivity index (χ3v) is 17.9. The Morgan fingerprint density at radius 1 is 0.382 bits per heavy atom. The van der Waals surface area contributed by atoms with Gasteiger partial charge in [-0.1, -0.05) is 236 Å². The lowest BCUT2D eigenvalue weighted by Gasteiger charge is -2.51. The minimum atomic E-state index is -0.580. The number of para-hydroxylation sites is 2. The van der Waals surface area contributed by atoms with Gasteiger partial charge in [-0.15, -0.1) is 0 Å². The van der Waals surface area contributed by atoms with Crippen LogP contribution in [-0.4, -0.2) is 10.4 Å². The molecule has 16 rings (SSSR count). The number of rotatable bonds is 5. The summed E-state index contributed by atoms with van der Waals surface area (Å²) in [6.45, 7) is 0. The van der Waals surface area contributed by atoms with Gasteiger partial charge in [-0.3, -0.25) is 0 Å². The SMILES string of the molecule is C1=C(c2cccc(-c3cccc4c3-c3ccccc3C43c4ccccc4C4(c5ccccc5Sc5ccccc54)c4ccccc43)c2)N=C(c2ccccc2)NC1c1ccc(-n2c3ccccc3c3ccccc32)cc1. The second-order valence-corrected chi connectivity index (χ2v) is 21.6. The number of nitrogens with one attached hydrogen (secondary N) is 1. The van der Waals surface area contributed by atoms with Crippen molar-refractivity contribution < 1.29 is 0 Å². The molecule has 0 saturated carbocycles. The molecular formula is C72H47N3S. The molecule has 1 unspecified atom stereocenters. The molecule has 2 spiro atoms. The lowest BCUT2D eigenvalue weighted by Crippen LogP contribution is -2.45. The van der Waals surface area contributed by atoms with Gasteiger partial charge in [0, 0.05) is 37.4 Å². The Bertz CT molecular complexity index is 4280. The highest BCUT2D eigenvalue weighted by Gasteiger charge is 2.58. The van der Waals surface area contributed by atoms with Crippen molar-refractivity contribution in [2.75, 3.05) is 0 Å². The number of amidine groups is 1. The number of hydrogen-bond donors (Lipinski definition) is 1. The van der Waals surface area contributed by atoms with Crippen LogP contribution in [0.1, 0.15) is 67.2 Å². The molecule has 3 heterocycles. The van der Waals surface area contributed by atoms with E-state index in [1.54, 1.807) is 0 Å². The lowest BCUT2D eigenvalue weighted by atomic mass is 9.51. The summed E-state index contributed by atoms with van der Waals surface area (Å²) in [7, 11) is 0. The first kappa shape index (κ1) is 43.2. The van der Waals surface area contributed by atoms with Crippen molar-refractivity contribution >= 4 is 45.1 Å². The molecule has 11 aromatic carbocycles. The Labute approximate surface area is 446 Å². The Balaban J connectivity index is 0.853. The standard InChI is InChI=1S/C72H47N3S/c1-2-20-47(21-3-1)70-73-63(46-40-42-50(43-41-46)75-65-36-14-5-24-52(65)53-25-6-15-37-66(53)75)45-64(74-70)49-23-18-22-48(44-49)51-27-19-35-62-69(51)54-26-4-7-28-55(54)71(62)56-29-8-10-31-58(56)72(59-32-11-9-30-57(59)71)60-33-12-16-38-67(60)76-68-39-17-13-34-61(68)72/h1-45,63H,(H,73,74). The maximum atomic E-state index is 5.42. The Morgan fingerprint density at radius 2 is 0.855 bits per heavy atom. The molecule has 356 valence electrons. The Morgan fingerprint density at radius 3 is 1.50 bits per heavy atom.